The standard InChI is InChI=1S/C26H35FN4O4/c1-3-34-24-18-23(31-13-15-33-16-14-31)25(35-4-2)17-22(24)28-26(32)19-29-9-11-30(12-10-29)21-7-5-20(27)6-8-21/h5-8,17-18H,3-4,9-16,19H2,1-2H3,(H,28,32). The fourth-order valence-electron chi connectivity index (χ4n) is 4.45. The highest BCUT2D eigenvalue weighted by atomic mass is 19.1. The number of nitrogens with one attached hydrogen (secondary N) is 1. The van der Waals surface area contributed by atoms with E-state index in [1.165, 1.54) is 12.1 Å². The van der Waals surface area contributed by atoms with Crippen LogP contribution >= 0.6 is 0 Å². The molecule has 1 N–H and O–H groups in total. The molecule has 2 aliphatic heterocycles. The molecule has 8 nitrogen and oxygen atoms in total. The van der Waals surface area contributed by atoms with Crippen molar-refractivity contribution >= 4 is 23.0 Å². The number of hydrogen-bond acceptors (Lipinski definition) is 7. The van der Waals surface area contributed by atoms with Crippen molar-refractivity contribution < 1.29 is 23.4 Å². The van der Waals surface area contributed by atoms with Gasteiger partial charge in [0.05, 0.1) is 44.3 Å². The highest BCUT2D eigenvalue weighted by Gasteiger charge is 2.23. The van der Waals surface area contributed by atoms with Gasteiger partial charge in [0.1, 0.15) is 17.3 Å². The predicted octanol–water partition coefficient (Wildman–Crippen LogP) is 3.22. The number of rotatable bonds is 9. The molecule has 2 saturated heterocycles. The molecule has 0 saturated carbocycles. The Balaban J connectivity index is 1.40. The lowest BCUT2D eigenvalue weighted by atomic mass is 10.2. The van der Waals surface area contributed by atoms with Crippen molar-refractivity contribution in [1.29, 1.82) is 0 Å². The van der Waals surface area contributed by atoms with Crippen LogP contribution < -0.4 is 24.6 Å². The Bertz CT molecular complexity index is 974. The minimum absolute atomic E-state index is 0.0947. The van der Waals surface area contributed by atoms with Gasteiger partial charge in [-0.2, -0.15) is 0 Å². The zero-order valence-electron chi connectivity index (χ0n) is 20.6. The lowest BCUT2D eigenvalue weighted by Crippen LogP contribution is -2.48. The molecule has 0 bridgehead atoms. The van der Waals surface area contributed by atoms with E-state index in [-0.39, 0.29) is 18.3 Å². The van der Waals surface area contributed by atoms with Gasteiger partial charge in [-0.3, -0.25) is 9.69 Å². The Morgan fingerprint density at radius 2 is 1.57 bits per heavy atom. The van der Waals surface area contributed by atoms with Crippen LogP contribution in [0.3, 0.4) is 0 Å². The van der Waals surface area contributed by atoms with Gasteiger partial charge in [-0.1, -0.05) is 0 Å². The lowest BCUT2D eigenvalue weighted by molar-refractivity contribution is -0.117. The smallest absolute Gasteiger partial charge is 0.238 e. The molecule has 4 rings (SSSR count). The van der Waals surface area contributed by atoms with Crippen LogP contribution in [0.5, 0.6) is 11.5 Å². The summed E-state index contributed by atoms with van der Waals surface area (Å²) in [6, 6.07) is 10.4. The molecule has 2 heterocycles. The van der Waals surface area contributed by atoms with E-state index in [2.05, 4.69) is 20.0 Å². The second-order valence-corrected chi connectivity index (χ2v) is 8.57. The average Bonchev–Trinajstić information content (AvgIpc) is 2.87. The normalized spacial score (nSPS) is 16.8. The predicted molar refractivity (Wildman–Crippen MR) is 135 cm³/mol. The van der Waals surface area contributed by atoms with E-state index in [4.69, 9.17) is 14.2 Å². The molecule has 2 aromatic carbocycles. The third kappa shape index (κ3) is 6.55. The minimum Gasteiger partial charge on any atom is -0.492 e. The first-order chi connectivity index (χ1) is 17.1. The van der Waals surface area contributed by atoms with E-state index in [1.807, 2.05) is 26.0 Å². The van der Waals surface area contributed by atoms with Crippen molar-refractivity contribution in [3.63, 3.8) is 0 Å². The molecule has 2 fully saturated rings. The Morgan fingerprint density at radius 3 is 2.23 bits per heavy atom. The maximum Gasteiger partial charge on any atom is 0.238 e. The maximum atomic E-state index is 13.2. The number of piperazine rings is 1. The number of carbonyl (C=O) groups excluding carboxylic acids is 1. The van der Waals surface area contributed by atoms with Gasteiger partial charge in [0, 0.05) is 57.1 Å². The van der Waals surface area contributed by atoms with Gasteiger partial charge in [-0.25, -0.2) is 4.39 Å². The van der Waals surface area contributed by atoms with Crippen LogP contribution in [0.15, 0.2) is 36.4 Å². The van der Waals surface area contributed by atoms with E-state index < -0.39 is 0 Å². The van der Waals surface area contributed by atoms with Crippen molar-refractivity contribution in [2.24, 2.45) is 0 Å². The molecule has 0 radical (unpaired) electrons. The van der Waals surface area contributed by atoms with Crippen molar-refractivity contribution in [1.82, 2.24) is 4.90 Å². The summed E-state index contributed by atoms with van der Waals surface area (Å²) in [6.07, 6.45) is 0. The number of anilines is 3. The number of carbonyl (C=O) groups is 1. The largest absolute Gasteiger partial charge is 0.492 e. The first-order valence-electron chi connectivity index (χ1n) is 12.4. The average molecular weight is 487 g/mol. The molecular formula is C26H35FN4O4. The first kappa shape index (κ1) is 25.1. The number of halogens is 1. The van der Waals surface area contributed by atoms with Crippen LogP contribution in [0.1, 0.15) is 13.8 Å². The first-order valence-corrected chi connectivity index (χ1v) is 12.4. The Kier molecular flexibility index (Phi) is 8.65. The molecule has 2 aromatic rings. The molecule has 1 amide bonds. The molecule has 0 aliphatic carbocycles. The van der Waals surface area contributed by atoms with Gasteiger partial charge in [0.25, 0.3) is 0 Å². The van der Waals surface area contributed by atoms with Crippen LogP contribution in [0.25, 0.3) is 0 Å². The fourth-order valence-corrected chi connectivity index (χ4v) is 4.45. The SMILES string of the molecule is CCOc1cc(N2CCOCC2)c(OCC)cc1NC(=O)CN1CCN(c2ccc(F)cc2)CC1. The van der Waals surface area contributed by atoms with Crippen LogP contribution in [0, 0.1) is 5.82 Å². The van der Waals surface area contributed by atoms with Gasteiger partial charge < -0.3 is 29.3 Å². The van der Waals surface area contributed by atoms with Crippen LogP contribution in [0.4, 0.5) is 21.5 Å². The third-order valence-corrected chi connectivity index (χ3v) is 6.22. The van der Waals surface area contributed by atoms with Crippen LogP contribution in [0.2, 0.25) is 0 Å². The highest BCUT2D eigenvalue weighted by Crippen LogP contribution is 2.39. The lowest BCUT2D eigenvalue weighted by Gasteiger charge is -2.35. The molecule has 35 heavy (non-hydrogen) atoms. The van der Waals surface area contributed by atoms with E-state index in [9.17, 15) is 9.18 Å². The minimum atomic E-state index is -0.235. The summed E-state index contributed by atoms with van der Waals surface area (Å²) < 4.78 is 30.5. The molecule has 0 aromatic heterocycles. The topological polar surface area (TPSA) is 66.5 Å². The molecule has 190 valence electrons. The van der Waals surface area contributed by atoms with Crippen molar-refractivity contribution in [3.8, 4) is 11.5 Å². The molecule has 0 spiro atoms. The quantitative estimate of drug-likeness (QED) is 0.584. The van der Waals surface area contributed by atoms with Crippen LogP contribution in [-0.2, 0) is 9.53 Å². The Labute approximate surface area is 206 Å². The van der Waals surface area contributed by atoms with E-state index in [0.29, 0.717) is 37.9 Å². The van der Waals surface area contributed by atoms with Gasteiger partial charge in [0.15, 0.2) is 0 Å². The number of ether oxygens (including phenoxy) is 3. The number of morpholine rings is 1. The number of hydrogen-bond donors (Lipinski definition) is 1. The zero-order valence-corrected chi connectivity index (χ0v) is 20.6. The highest BCUT2D eigenvalue weighted by molar-refractivity contribution is 5.94. The molecule has 9 heteroatoms. The number of amides is 1. The second-order valence-electron chi connectivity index (χ2n) is 8.57. The summed E-state index contributed by atoms with van der Waals surface area (Å²) in [5.41, 5.74) is 2.57. The van der Waals surface area contributed by atoms with E-state index in [0.717, 1.165) is 56.4 Å². The molecule has 0 atom stereocenters. The number of benzene rings is 2. The van der Waals surface area contributed by atoms with E-state index in [1.54, 1.807) is 12.1 Å². The summed E-state index contributed by atoms with van der Waals surface area (Å²) in [7, 11) is 0. The zero-order chi connectivity index (χ0) is 24.6. The Morgan fingerprint density at radius 1 is 0.914 bits per heavy atom. The monoisotopic (exact) mass is 486 g/mol. The summed E-state index contributed by atoms with van der Waals surface area (Å²) in [4.78, 5) is 19.5. The maximum absolute atomic E-state index is 13.2. The van der Waals surface area contributed by atoms with Crippen molar-refractivity contribution in [3.05, 3.63) is 42.2 Å². The Hall–Kier alpha value is -3.04. The fraction of sp³-hybridized carbons (Fsp3) is 0.500. The van der Waals surface area contributed by atoms with Gasteiger partial charge in [0.2, 0.25) is 5.91 Å². The molecule has 0 unspecified atom stereocenters. The summed E-state index contributed by atoms with van der Waals surface area (Å²) in [5.74, 6) is 1.02. The second kappa shape index (κ2) is 12.1. The van der Waals surface area contributed by atoms with Crippen LogP contribution in [-0.4, -0.2) is 83.0 Å². The van der Waals surface area contributed by atoms with Gasteiger partial charge in [-0.15, -0.1) is 0 Å². The summed E-state index contributed by atoms with van der Waals surface area (Å²) in [5, 5.41) is 3.04. The van der Waals surface area contributed by atoms with Gasteiger partial charge >= 0.3 is 0 Å². The number of nitrogens with zero attached hydrogens (tertiary/aromatic N) is 3. The molecular weight excluding hydrogens is 451 g/mol. The molecule has 2 aliphatic rings. The van der Waals surface area contributed by atoms with Crippen molar-refractivity contribution in [2.45, 2.75) is 13.8 Å². The van der Waals surface area contributed by atoms with Gasteiger partial charge in [-0.05, 0) is 38.1 Å². The third-order valence-electron chi connectivity index (χ3n) is 6.22. The summed E-state index contributed by atoms with van der Waals surface area (Å²) in [6.45, 7) is 11.2. The van der Waals surface area contributed by atoms with Crippen molar-refractivity contribution in [2.75, 3.05) is 87.4 Å². The van der Waals surface area contributed by atoms with E-state index >= 15 is 0 Å². The summed E-state index contributed by atoms with van der Waals surface area (Å²) >= 11 is 0.